The molecule has 2 nitrogen and oxygen atoms in total. The van der Waals surface area contributed by atoms with E-state index < -0.39 is 11.7 Å². The molecule has 5 heteroatoms. The van der Waals surface area contributed by atoms with Crippen LogP contribution in [0.4, 0.5) is 13.2 Å². The molecule has 3 rings (SSSR count). The van der Waals surface area contributed by atoms with E-state index in [9.17, 15) is 13.2 Å². The molecule has 1 unspecified atom stereocenters. The Morgan fingerprint density at radius 2 is 1.95 bits per heavy atom. The third-order valence-corrected chi connectivity index (χ3v) is 3.66. The number of benzene rings is 1. The van der Waals surface area contributed by atoms with E-state index in [1.54, 1.807) is 12.3 Å². The van der Waals surface area contributed by atoms with Gasteiger partial charge in [-0.25, -0.2) is 4.98 Å². The summed E-state index contributed by atoms with van der Waals surface area (Å²) < 4.78 is 38.4. The minimum Gasteiger partial charge on any atom is -0.346 e. The van der Waals surface area contributed by atoms with E-state index >= 15 is 0 Å². The molecule has 0 fully saturated rings. The summed E-state index contributed by atoms with van der Waals surface area (Å²) in [6, 6.07) is 9.19. The molecule has 0 aliphatic carbocycles. The van der Waals surface area contributed by atoms with Crippen LogP contribution in [-0.4, -0.2) is 9.97 Å². The van der Waals surface area contributed by atoms with Crippen molar-refractivity contribution < 1.29 is 13.2 Å². The molecule has 0 aliphatic heterocycles. The van der Waals surface area contributed by atoms with Crippen LogP contribution in [0.15, 0.2) is 48.8 Å². The van der Waals surface area contributed by atoms with Gasteiger partial charge in [0.2, 0.25) is 0 Å². The summed E-state index contributed by atoms with van der Waals surface area (Å²) in [6.45, 7) is 1.89. The highest BCUT2D eigenvalue weighted by Crippen LogP contribution is 2.34. The quantitative estimate of drug-likeness (QED) is 0.726. The van der Waals surface area contributed by atoms with E-state index in [0.717, 1.165) is 22.7 Å². The summed E-state index contributed by atoms with van der Waals surface area (Å²) in [6.07, 6.45) is -0.836. The molecular weight excluding hydrogens is 277 g/mol. The lowest BCUT2D eigenvalue weighted by atomic mass is 9.92. The molecule has 0 spiro atoms. The zero-order chi connectivity index (χ0) is 15.0. The van der Waals surface area contributed by atoms with Gasteiger partial charge in [0, 0.05) is 23.7 Å². The summed E-state index contributed by atoms with van der Waals surface area (Å²) >= 11 is 0. The topological polar surface area (TPSA) is 28.7 Å². The number of nitrogens with one attached hydrogen (secondary N) is 1. The highest BCUT2D eigenvalue weighted by Gasteiger charge is 2.30. The molecular formula is C16H13F3N2. The first kappa shape index (κ1) is 13.7. The van der Waals surface area contributed by atoms with Crippen molar-refractivity contribution in [3.8, 4) is 0 Å². The van der Waals surface area contributed by atoms with Gasteiger partial charge in [-0.1, -0.05) is 25.1 Å². The number of hydrogen-bond donors (Lipinski definition) is 1. The van der Waals surface area contributed by atoms with E-state index in [1.807, 2.05) is 25.3 Å². The molecule has 1 aromatic carbocycles. The molecule has 3 aromatic rings. The third kappa shape index (κ3) is 2.51. The number of rotatable bonds is 2. The van der Waals surface area contributed by atoms with Gasteiger partial charge < -0.3 is 4.98 Å². The van der Waals surface area contributed by atoms with Crippen LogP contribution in [-0.2, 0) is 6.18 Å². The van der Waals surface area contributed by atoms with Crippen molar-refractivity contribution in [3.63, 3.8) is 0 Å². The van der Waals surface area contributed by atoms with Gasteiger partial charge in [0.05, 0.1) is 5.56 Å². The number of aromatic nitrogens is 2. The summed E-state index contributed by atoms with van der Waals surface area (Å²) in [5.41, 5.74) is 1.70. The standard InChI is InChI=1S/C16H13F3N2/c1-10(11-4-2-5-12(8-11)16(17,18)19)14-9-21-15-13(14)6-3-7-20-15/h2-10H,1H3,(H,20,21). The van der Waals surface area contributed by atoms with Crippen LogP contribution in [0.2, 0.25) is 0 Å². The van der Waals surface area contributed by atoms with Gasteiger partial charge in [0.15, 0.2) is 0 Å². The summed E-state index contributed by atoms with van der Waals surface area (Å²) in [5.74, 6) is -0.148. The van der Waals surface area contributed by atoms with Gasteiger partial charge in [0.1, 0.15) is 5.65 Å². The maximum atomic E-state index is 12.8. The highest BCUT2D eigenvalue weighted by atomic mass is 19.4. The lowest BCUT2D eigenvalue weighted by Gasteiger charge is -2.14. The van der Waals surface area contributed by atoms with Crippen LogP contribution in [0.3, 0.4) is 0 Å². The van der Waals surface area contributed by atoms with Crippen LogP contribution >= 0.6 is 0 Å². The Labute approximate surface area is 119 Å². The summed E-state index contributed by atoms with van der Waals surface area (Å²) in [4.78, 5) is 7.25. The molecule has 0 radical (unpaired) electrons. The first-order chi connectivity index (χ1) is 9.97. The van der Waals surface area contributed by atoms with Crippen molar-refractivity contribution in [2.24, 2.45) is 0 Å². The normalized spacial score (nSPS) is 13.5. The molecule has 1 N–H and O–H groups in total. The fourth-order valence-electron chi connectivity index (χ4n) is 2.50. The zero-order valence-corrected chi connectivity index (χ0v) is 11.3. The molecule has 0 bridgehead atoms. The Morgan fingerprint density at radius 3 is 2.71 bits per heavy atom. The minimum atomic E-state index is -4.32. The van der Waals surface area contributed by atoms with Crippen molar-refractivity contribution in [3.05, 3.63) is 65.5 Å². The minimum absolute atomic E-state index is 0.148. The Bertz CT molecular complexity index is 774. The van der Waals surface area contributed by atoms with Gasteiger partial charge in [-0.3, -0.25) is 0 Å². The maximum absolute atomic E-state index is 12.8. The largest absolute Gasteiger partial charge is 0.416 e. The van der Waals surface area contributed by atoms with Crippen LogP contribution in [0, 0.1) is 0 Å². The third-order valence-electron chi connectivity index (χ3n) is 3.66. The SMILES string of the molecule is CC(c1cccc(C(F)(F)F)c1)c1c[nH]c2ncccc12. The van der Waals surface area contributed by atoms with Gasteiger partial charge in [-0.05, 0) is 29.3 Å². The van der Waals surface area contributed by atoms with E-state index in [1.165, 1.54) is 12.1 Å². The lowest BCUT2D eigenvalue weighted by Crippen LogP contribution is -2.06. The number of H-pyrrole nitrogens is 1. The predicted molar refractivity (Wildman–Crippen MR) is 75.1 cm³/mol. The van der Waals surface area contributed by atoms with Crippen molar-refractivity contribution in [1.29, 1.82) is 0 Å². The zero-order valence-electron chi connectivity index (χ0n) is 11.3. The number of hydrogen-bond acceptors (Lipinski definition) is 1. The Hall–Kier alpha value is -2.30. The Kier molecular flexibility index (Phi) is 3.20. The Balaban J connectivity index is 2.04. The molecule has 21 heavy (non-hydrogen) atoms. The average molecular weight is 290 g/mol. The summed E-state index contributed by atoms with van der Waals surface area (Å²) in [7, 11) is 0. The fraction of sp³-hybridized carbons (Fsp3) is 0.188. The second kappa shape index (κ2) is 4.91. The van der Waals surface area contributed by atoms with Crippen molar-refractivity contribution >= 4 is 11.0 Å². The molecule has 1 atom stereocenters. The highest BCUT2D eigenvalue weighted by molar-refractivity contribution is 5.80. The monoisotopic (exact) mass is 290 g/mol. The van der Waals surface area contributed by atoms with Crippen molar-refractivity contribution in [1.82, 2.24) is 9.97 Å². The van der Waals surface area contributed by atoms with E-state index in [-0.39, 0.29) is 5.92 Å². The number of fused-ring (bicyclic) bond motifs is 1. The average Bonchev–Trinajstić information content (AvgIpc) is 2.90. The first-order valence-corrected chi connectivity index (χ1v) is 6.56. The maximum Gasteiger partial charge on any atom is 0.416 e. The van der Waals surface area contributed by atoms with Crippen LogP contribution in [0.1, 0.15) is 29.5 Å². The van der Waals surface area contributed by atoms with Crippen molar-refractivity contribution in [2.75, 3.05) is 0 Å². The second-order valence-electron chi connectivity index (χ2n) is 4.99. The van der Waals surface area contributed by atoms with Gasteiger partial charge in [0.25, 0.3) is 0 Å². The van der Waals surface area contributed by atoms with Gasteiger partial charge >= 0.3 is 6.18 Å². The van der Waals surface area contributed by atoms with Gasteiger partial charge in [-0.2, -0.15) is 13.2 Å². The predicted octanol–water partition coefficient (Wildman–Crippen LogP) is 4.73. The van der Waals surface area contributed by atoms with Crippen LogP contribution in [0.5, 0.6) is 0 Å². The van der Waals surface area contributed by atoms with E-state index in [4.69, 9.17) is 0 Å². The number of halogens is 3. The fourth-order valence-corrected chi connectivity index (χ4v) is 2.50. The van der Waals surface area contributed by atoms with E-state index in [0.29, 0.717) is 5.56 Å². The molecule has 2 aromatic heterocycles. The first-order valence-electron chi connectivity index (χ1n) is 6.56. The molecule has 0 aliphatic rings. The van der Waals surface area contributed by atoms with Gasteiger partial charge in [-0.15, -0.1) is 0 Å². The molecule has 0 amide bonds. The second-order valence-corrected chi connectivity index (χ2v) is 4.99. The molecule has 2 heterocycles. The smallest absolute Gasteiger partial charge is 0.346 e. The number of pyridine rings is 1. The number of alkyl halides is 3. The lowest BCUT2D eigenvalue weighted by molar-refractivity contribution is -0.137. The molecule has 0 saturated heterocycles. The van der Waals surface area contributed by atoms with E-state index in [2.05, 4.69) is 9.97 Å². The van der Waals surface area contributed by atoms with Crippen LogP contribution in [0.25, 0.3) is 11.0 Å². The van der Waals surface area contributed by atoms with Crippen molar-refractivity contribution in [2.45, 2.75) is 19.0 Å². The molecule has 0 saturated carbocycles. The van der Waals surface area contributed by atoms with Crippen LogP contribution < -0.4 is 0 Å². The Morgan fingerprint density at radius 1 is 1.14 bits per heavy atom. The number of nitrogens with zero attached hydrogens (tertiary/aromatic N) is 1. The number of aromatic amines is 1. The molecule has 108 valence electrons. The summed E-state index contributed by atoms with van der Waals surface area (Å²) in [5, 5.41) is 0.933.